The largest absolute Gasteiger partial charge is 0.481 e. The summed E-state index contributed by atoms with van der Waals surface area (Å²) in [5, 5.41) is 0. The SMILES string of the molecule is COc1cccc(CC2=CC(=O)C(c3c(C)cc(C)cc3C)C2=O)n1. The van der Waals surface area contributed by atoms with Crippen LogP contribution in [0.3, 0.4) is 0 Å². The van der Waals surface area contributed by atoms with E-state index in [-0.39, 0.29) is 11.6 Å². The molecule has 0 radical (unpaired) electrons. The van der Waals surface area contributed by atoms with Gasteiger partial charge in [-0.2, -0.15) is 0 Å². The van der Waals surface area contributed by atoms with Gasteiger partial charge in [0.1, 0.15) is 5.92 Å². The molecule has 1 heterocycles. The van der Waals surface area contributed by atoms with Gasteiger partial charge in [0.25, 0.3) is 0 Å². The highest BCUT2D eigenvalue weighted by Crippen LogP contribution is 2.34. The van der Waals surface area contributed by atoms with Crippen molar-refractivity contribution in [3.05, 3.63) is 69.9 Å². The van der Waals surface area contributed by atoms with Crippen molar-refractivity contribution in [3.63, 3.8) is 0 Å². The zero-order valence-corrected chi connectivity index (χ0v) is 14.9. The number of pyridine rings is 1. The van der Waals surface area contributed by atoms with E-state index in [1.165, 1.54) is 6.08 Å². The Labute approximate surface area is 147 Å². The van der Waals surface area contributed by atoms with Gasteiger partial charge in [-0.25, -0.2) is 4.98 Å². The predicted molar refractivity (Wildman–Crippen MR) is 96.0 cm³/mol. The minimum Gasteiger partial charge on any atom is -0.481 e. The molecule has 4 heteroatoms. The number of ether oxygens (including phenoxy) is 1. The van der Waals surface area contributed by atoms with Gasteiger partial charge in [0.15, 0.2) is 11.6 Å². The van der Waals surface area contributed by atoms with Crippen molar-refractivity contribution in [2.75, 3.05) is 7.11 Å². The third kappa shape index (κ3) is 3.25. The van der Waals surface area contributed by atoms with Gasteiger partial charge in [-0.15, -0.1) is 0 Å². The number of nitrogens with zero attached hydrogens (tertiary/aromatic N) is 1. The Balaban J connectivity index is 1.91. The summed E-state index contributed by atoms with van der Waals surface area (Å²) < 4.78 is 5.12. The molecule has 0 N–H and O–H groups in total. The van der Waals surface area contributed by atoms with E-state index >= 15 is 0 Å². The maximum absolute atomic E-state index is 12.9. The summed E-state index contributed by atoms with van der Waals surface area (Å²) in [6.07, 6.45) is 1.81. The van der Waals surface area contributed by atoms with Crippen molar-refractivity contribution in [1.29, 1.82) is 0 Å². The molecule has 0 saturated carbocycles. The molecule has 1 aliphatic carbocycles. The molecule has 1 aromatic heterocycles. The highest BCUT2D eigenvalue weighted by atomic mass is 16.5. The number of ketones is 2. The van der Waals surface area contributed by atoms with Crippen molar-refractivity contribution < 1.29 is 14.3 Å². The number of benzene rings is 1. The number of allylic oxidation sites excluding steroid dienone is 2. The first-order valence-corrected chi connectivity index (χ1v) is 8.27. The van der Waals surface area contributed by atoms with Crippen LogP contribution in [0.4, 0.5) is 0 Å². The van der Waals surface area contributed by atoms with Crippen molar-refractivity contribution in [2.45, 2.75) is 33.1 Å². The fourth-order valence-electron chi connectivity index (χ4n) is 3.56. The van der Waals surface area contributed by atoms with E-state index < -0.39 is 5.92 Å². The smallest absolute Gasteiger partial charge is 0.213 e. The maximum atomic E-state index is 12.9. The monoisotopic (exact) mass is 335 g/mol. The molecule has 4 nitrogen and oxygen atoms in total. The summed E-state index contributed by atoms with van der Waals surface area (Å²) in [6, 6.07) is 9.45. The number of hydrogen-bond acceptors (Lipinski definition) is 4. The summed E-state index contributed by atoms with van der Waals surface area (Å²) in [4.78, 5) is 29.8. The van der Waals surface area contributed by atoms with Crippen molar-refractivity contribution >= 4 is 11.6 Å². The highest BCUT2D eigenvalue weighted by Gasteiger charge is 2.37. The average Bonchev–Trinajstić information content (AvgIpc) is 2.82. The van der Waals surface area contributed by atoms with Crippen LogP contribution in [0.2, 0.25) is 0 Å². The van der Waals surface area contributed by atoms with E-state index in [0.29, 0.717) is 23.6 Å². The number of aromatic nitrogens is 1. The normalized spacial score (nSPS) is 17.0. The van der Waals surface area contributed by atoms with Crippen LogP contribution in [-0.4, -0.2) is 23.7 Å². The molecule has 0 bridgehead atoms. The van der Waals surface area contributed by atoms with Crippen LogP contribution < -0.4 is 4.74 Å². The summed E-state index contributed by atoms with van der Waals surface area (Å²) >= 11 is 0. The topological polar surface area (TPSA) is 56.3 Å². The number of carbonyl (C=O) groups is 2. The van der Waals surface area contributed by atoms with Crippen LogP contribution in [0.5, 0.6) is 5.88 Å². The lowest BCUT2D eigenvalue weighted by Gasteiger charge is -2.16. The molecule has 25 heavy (non-hydrogen) atoms. The zero-order chi connectivity index (χ0) is 18.1. The summed E-state index contributed by atoms with van der Waals surface area (Å²) in [7, 11) is 1.55. The predicted octanol–water partition coefficient (Wildman–Crippen LogP) is 3.42. The van der Waals surface area contributed by atoms with Crippen molar-refractivity contribution in [1.82, 2.24) is 4.98 Å². The first-order valence-electron chi connectivity index (χ1n) is 8.27. The van der Waals surface area contributed by atoms with Gasteiger partial charge in [-0.1, -0.05) is 23.8 Å². The maximum Gasteiger partial charge on any atom is 0.213 e. The van der Waals surface area contributed by atoms with Gasteiger partial charge in [-0.05, 0) is 49.6 Å². The van der Waals surface area contributed by atoms with E-state index in [9.17, 15) is 9.59 Å². The Morgan fingerprint density at radius 3 is 2.40 bits per heavy atom. The van der Waals surface area contributed by atoms with Crippen LogP contribution >= 0.6 is 0 Å². The van der Waals surface area contributed by atoms with Gasteiger partial charge in [0, 0.05) is 23.8 Å². The Morgan fingerprint density at radius 1 is 1.08 bits per heavy atom. The Kier molecular flexibility index (Phi) is 4.53. The van der Waals surface area contributed by atoms with E-state index in [1.807, 2.05) is 45.0 Å². The minimum absolute atomic E-state index is 0.121. The van der Waals surface area contributed by atoms with Gasteiger partial charge in [0.05, 0.1) is 7.11 Å². The zero-order valence-electron chi connectivity index (χ0n) is 14.9. The fraction of sp³-hybridized carbons (Fsp3) is 0.286. The van der Waals surface area contributed by atoms with Gasteiger partial charge >= 0.3 is 0 Å². The lowest BCUT2D eigenvalue weighted by Crippen LogP contribution is -2.18. The Morgan fingerprint density at radius 2 is 1.76 bits per heavy atom. The number of hydrogen-bond donors (Lipinski definition) is 0. The molecule has 128 valence electrons. The lowest BCUT2D eigenvalue weighted by atomic mass is 9.85. The second-order valence-corrected chi connectivity index (χ2v) is 6.53. The number of methoxy groups -OCH3 is 1. The van der Waals surface area contributed by atoms with Crippen LogP contribution in [0, 0.1) is 20.8 Å². The third-order valence-electron chi connectivity index (χ3n) is 4.57. The molecule has 0 fully saturated rings. The van der Waals surface area contributed by atoms with Gasteiger partial charge < -0.3 is 4.74 Å². The molecule has 3 rings (SSSR count). The second-order valence-electron chi connectivity index (χ2n) is 6.53. The fourth-order valence-corrected chi connectivity index (χ4v) is 3.56. The molecule has 0 spiro atoms. The highest BCUT2D eigenvalue weighted by molar-refractivity contribution is 6.25. The molecular weight excluding hydrogens is 314 g/mol. The summed E-state index contributed by atoms with van der Waals surface area (Å²) in [5.74, 6) is -0.486. The minimum atomic E-state index is -0.721. The summed E-state index contributed by atoms with van der Waals surface area (Å²) in [6.45, 7) is 5.93. The van der Waals surface area contributed by atoms with Crippen LogP contribution in [0.15, 0.2) is 42.0 Å². The second kappa shape index (κ2) is 6.63. The Hall–Kier alpha value is -2.75. The molecule has 0 aliphatic heterocycles. The van der Waals surface area contributed by atoms with Crippen molar-refractivity contribution in [3.8, 4) is 5.88 Å². The van der Waals surface area contributed by atoms with Crippen molar-refractivity contribution in [2.24, 2.45) is 0 Å². The first-order chi connectivity index (χ1) is 11.9. The molecule has 0 amide bonds. The molecule has 1 aliphatic rings. The van der Waals surface area contributed by atoms with Crippen LogP contribution in [-0.2, 0) is 16.0 Å². The van der Waals surface area contributed by atoms with E-state index in [4.69, 9.17) is 4.74 Å². The number of carbonyl (C=O) groups excluding carboxylic acids is 2. The quantitative estimate of drug-likeness (QED) is 0.804. The van der Waals surface area contributed by atoms with Gasteiger partial charge in [-0.3, -0.25) is 9.59 Å². The first kappa shape index (κ1) is 17.1. The third-order valence-corrected chi connectivity index (χ3v) is 4.57. The Bertz CT molecular complexity index is 873. The average molecular weight is 335 g/mol. The molecule has 1 atom stereocenters. The molecule has 2 aromatic rings. The standard InChI is InChI=1S/C21H21NO3/c1-12-8-13(2)19(14(3)9-12)20-17(23)11-15(21(20)24)10-16-6-5-7-18(22-16)25-4/h5-9,11,20H,10H2,1-4H3. The number of aryl methyl sites for hydroxylation is 3. The molecular formula is C21H21NO3. The molecule has 1 unspecified atom stereocenters. The summed E-state index contributed by atoms with van der Waals surface area (Å²) in [5.41, 5.74) is 5.16. The number of Topliss-reactive ketones (excluding diaryl/α,β-unsaturated/α-hetero) is 1. The van der Waals surface area contributed by atoms with E-state index in [1.54, 1.807) is 13.2 Å². The van der Waals surface area contributed by atoms with Gasteiger partial charge in [0.2, 0.25) is 5.88 Å². The van der Waals surface area contributed by atoms with Crippen LogP contribution in [0.25, 0.3) is 0 Å². The van der Waals surface area contributed by atoms with E-state index in [0.717, 1.165) is 22.3 Å². The molecule has 1 aromatic carbocycles. The lowest BCUT2D eigenvalue weighted by molar-refractivity contribution is -0.122. The van der Waals surface area contributed by atoms with Crippen LogP contribution in [0.1, 0.15) is 33.9 Å². The van der Waals surface area contributed by atoms with E-state index in [2.05, 4.69) is 4.98 Å². The number of rotatable bonds is 4. The molecule has 0 saturated heterocycles.